The SMILES string of the molecule is CN=C(NCC(C)Oc1cccc(C)c1)NC1CCc2nc(COC)nn2C1.I. The number of guanidine groups is 1. The minimum Gasteiger partial charge on any atom is -0.489 e. The standard InChI is InChI=1S/C20H30N6O2.HI/c1-14-6-5-7-17(10-14)28-15(2)11-22-20(21-3)23-16-8-9-19-24-18(13-27-4)25-26(19)12-16;/h5-7,10,15-16H,8-9,11-13H2,1-4H3,(H2,21,22,23);1H. The van der Waals surface area contributed by atoms with Crippen LogP contribution in [-0.4, -0.2) is 53.6 Å². The molecule has 3 rings (SSSR count). The van der Waals surface area contributed by atoms with Crippen LogP contribution in [-0.2, 0) is 24.3 Å². The average Bonchev–Trinajstić information content (AvgIpc) is 3.07. The molecule has 2 heterocycles. The summed E-state index contributed by atoms with van der Waals surface area (Å²) in [6, 6.07) is 8.34. The molecule has 0 aliphatic carbocycles. The molecular weight excluding hydrogens is 483 g/mol. The summed E-state index contributed by atoms with van der Waals surface area (Å²) in [5, 5.41) is 11.3. The van der Waals surface area contributed by atoms with E-state index in [-0.39, 0.29) is 36.1 Å². The van der Waals surface area contributed by atoms with Gasteiger partial charge in [0.05, 0.1) is 13.1 Å². The quantitative estimate of drug-likeness (QED) is 0.335. The molecule has 9 heteroatoms. The van der Waals surface area contributed by atoms with Crippen LogP contribution in [0.15, 0.2) is 29.3 Å². The Hall–Kier alpha value is -1.88. The minimum absolute atomic E-state index is 0. The highest BCUT2D eigenvalue weighted by molar-refractivity contribution is 14.0. The smallest absolute Gasteiger partial charge is 0.191 e. The fraction of sp³-hybridized carbons (Fsp3) is 0.550. The predicted molar refractivity (Wildman–Crippen MR) is 124 cm³/mol. The number of aryl methyl sites for hydroxylation is 2. The molecule has 2 atom stereocenters. The van der Waals surface area contributed by atoms with Crippen LogP contribution in [0.3, 0.4) is 0 Å². The molecule has 1 aromatic heterocycles. The molecule has 0 amide bonds. The number of hydrogen-bond acceptors (Lipinski definition) is 5. The average molecular weight is 514 g/mol. The number of methoxy groups -OCH3 is 1. The first kappa shape index (κ1) is 23.4. The third kappa shape index (κ3) is 6.84. The second-order valence-electron chi connectivity index (χ2n) is 7.14. The second kappa shape index (κ2) is 11.3. The third-order valence-electron chi connectivity index (χ3n) is 4.62. The molecule has 0 saturated heterocycles. The maximum atomic E-state index is 5.97. The van der Waals surface area contributed by atoms with Gasteiger partial charge in [-0.15, -0.1) is 24.0 Å². The summed E-state index contributed by atoms with van der Waals surface area (Å²) >= 11 is 0. The highest BCUT2D eigenvalue weighted by Crippen LogP contribution is 2.15. The van der Waals surface area contributed by atoms with Gasteiger partial charge >= 0.3 is 0 Å². The Kier molecular flexibility index (Phi) is 9.15. The van der Waals surface area contributed by atoms with Crippen LogP contribution in [0, 0.1) is 6.92 Å². The van der Waals surface area contributed by atoms with Crippen molar-refractivity contribution in [2.75, 3.05) is 20.7 Å². The van der Waals surface area contributed by atoms with E-state index in [0.717, 1.165) is 42.7 Å². The van der Waals surface area contributed by atoms with Crippen molar-refractivity contribution in [3.63, 3.8) is 0 Å². The van der Waals surface area contributed by atoms with Crippen molar-refractivity contribution in [3.05, 3.63) is 41.5 Å². The van der Waals surface area contributed by atoms with Crippen molar-refractivity contribution >= 4 is 29.9 Å². The Bertz CT molecular complexity index is 810. The fourth-order valence-corrected chi connectivity index (χ4v) is 3.26. The Labute approximate surface area is 189 Å². The molecule has 0 spiro atoms. The highest BCUT2D eigenvalue weighted by Gasteiger charge is 2.22. The summed E-state index contributed by atoms with van der Waals surface area (Å²) < 4.78 is 13.1. The van der Waals surface area contributed by atoms with Crippen molar-refractivity contribution in [2.45, 2.75) is 52.0 Å². The molecule has 8 nitrogen and oxygen atoms in total. The first-order valence-electron chi connectivity index (χ1n) is 9.69. The van der Waals surface area contributed by atoms with Crippen LogP contribution in [0.25, 0.3) is 0 Å². The molecule has 0 fully saturated rings. The molecule has 0 saturated carbocycles. The van der Waals surface area contributed by atoms with E-state index >= 15 is 0 Å². The number of hydrogen-bond donors (Lipinski definition) is 2. The van der Waals surface area contributed by atoms with Crippen LogP contribution in [0.1, 0.15) is 30.6 Å². The van der Waals surface area contributed by atoms with Gasteiger partial charge in [0.25, 0.3) is 0 Å². The van der Waals surface area contributed by atoms with Gasteiger partial charge in [-0.1, -0.05) is 12.1 Å². The van der Waals surface area contributed by atoms with E-state index in [0.29, 0.717) is 13.2 Å². The summed E-state index contributed by atoms with van der Waals surface area (Å²) in [5.74, 6) is 3.41. The first-order valence-corrected chi connectivity index (χ1v) is 9.69. The molecule has 2 aromatic rings. The molecule has 2 N–H and O–H groups in total. The number of nitrogens with zero attached hydrogens (tertiary/aromatic N) is 4. The van der Waals surface area contributed by atoms with Gasteiger partial charge in [0, 0.05) is 26.6 Å². The molecule has 1 aliphatic rings. The van der Waals surface area contributed by atoms with Gasteiger partial charge in [0.15, 0.2) is 11.8 Å². The molecule has 160 valence electrons. The van der Waals surface area contributed by atoms with Crippen LogP contribution >= 0.6 is 24.0 Å². The zero-order valence-electron chi connectivity index (χ0n) is 17.5. The summed E-state index contributed by atoms with van der Waals surface area (Å²) in [4.78, 5) is 8.86. The van der Waals surface area contributed by atoms with E-state index in [1.165, 1.54) is 5.56 Å². The van der Waals surface area contributed by atoms with Crippen molar-refractivity contribution in [3.8, 4) is 5.75 Å². The number of rotatable bonds is 7. The molecule has 1 aromatic carbocycles. The lowest BCUT2D eigenvalue weighted by molar-refractivity contribution is 0.177. The van der Waals surface area contributed by atoms with Gasteiger partial charge in [-0.25, -0.2) is 9.67 Å². The first-order chi connectivity index (χ1) is 13.6. The zero-order chi connectivity index (χ0) is 19.9. The molecule has 29 heavy (non-hydrogen) atoms. The Morgan fingerprint density at radius 1 is 1.41 bits per heavy atom. The van der Waals surface area contributed by atoms with E-state index in [9.17, 15) is 0 Å². The monoisotopic (exact) mass is 514 g/mol. The van der Waals surface area contributed by atoms with Gasteiger partial charge in [0.2, 0.25) is 0 Å². The Balaban J connectivity index is 0.00000300. The molecule has 0 radical (unpaired) electrons. The lowest BCUT2D eigenvalue weighted by Gasteiger charge is -2.26. The van der Waals surface area contributed by atoms with Crippen LogP contribution in [0.5, 0.6) is 5.75 Å². The third-order valence-corrected chi connectivity index (χ3v) is 4.62. The van der Waals surface area contributed by atoms with Crippen LogP contribution in [0.4, 0.5) is 0 Å². The van der Waals surface area contributed by atoms with Gasteiger partial charge in [-0.2, -0.15) is 5.10 Å². The number of nitrogens with one attached hydrogen (secondary N) is 2. The Morgan fingerprint density at radius 2 is 2.24 bits per heavy atom. The second-order valence-corrected chi connectivity index (χ2v) is 7.14. The lowest BCUT2D eigenvalue weighted by Crippen LogP contribution is -2.48. The normalized spacial score (nSPS) is 17.1. The number of fused-ring (bicyclic) bond motifs is 1. The Morgan fingerprint density at radius 3 is 2.97 bits per heavy atom. The molecule has 1 aliphatic heterocycles. The fourth-order valence-electron chi connectivity index (χ4n) is 3.26. The van der Waals surface area contributed by atoms with Gasteiger partial charge in [-0.05, 0) is 38.0 Å². The zero-order valence-corrected chi connectivity index (χ0v) is 19.8. The molecule has 0 bridgehead atoms. The number of aliphatic imine (C=N–C) groups is 1. The van der Waals surface area contributed by atoms with Crippen LogP contribution < -0.4 is 15.4 Å². The van der Waals surface area contributed by atoms with Crippen molar-refractivity contribution in [1.82, 2.24) is 25.4 Å². The number of ether oxygens (including phenoxy) is 2. The van der Waals surface area contributed by atoms with E-state index in [1.54, 1.807) is 14.2 Å². The highest BCUT2D eigenvalue weighted by atomic mass is 127. The maximum Gasteiger partial charge on any atom is 0.191 e. The van der Waals surface area contributed by atoms with Gasteiger partial charge < -0.3 is 20.1 Å². The van der Waals surface area contributed by atoms with Crippen molar-refractivity contribution in [1.29, 1.82) is 0 Å². The lowest BCUT2D eigenvalue weighted by atomic mass is 10.1. The number of halogens is 1. The van der Waals surface area contributed by atoms with Crippen LogP contribution in [0.2, 0.25) is 0 Å². The van der Waals surface area contributed by atoms with E-state index in [2.05, 4.69) is 38.7 Å². The number of aromatic nitrogens is 3. The van der Waals surface area contributed by atoms with Crippen molar-refractivity contribution < 1.29 is 9.47 Å². The van der Waals surface area contributed by atoms with E-state index < -0.39 is 0 Å². The molecular formula is C20H31IN6O2. The van der Waals surface area contributed by atoms with Gasteiger partial charge in [0.1, 0.15) is 24.3 Å². The van der Waals surface area contributed by atoms with Crippen molar-refractivity contribution in [2.24, 2.45) is 4.99 Å². The summed E-state index contributed by atoms with van der Waals surface area (Å²) in [6.45, 7) is 5.97. The number of benzene rings is 1. The summed E-state index contributed by atoms with van der Waals surface area (Å²) in [7, 11) is 3.44. The largest absolute Gasteiger partial charge is 0.489 e. The predicted octanol–water partition coefficient (Wildman–Crippen LogP) is 2.30. The van der Waals surface area contributed by atoms with E-state index in [1.807, 2.05) is 29.8 Å². The summed E-state index contributed by atoms with van der Waals surface area (Å²) in [6.07, 6.45) is 1.89. The maximum absolute atomic E-state index is 5.97. The molecule has 2 unspecified atom stereocenters. The summed E-state index contributed by atoms with van der Waals surface area (Å²) in [5.41, 5.74) is 1.19. The van der Waals surface area contributed by atoms with Gasteiger partial charge in [-0.3, -0.25) is 4.99 Å². The topological polar surface area (TPSA) is 85.6 Å². The van der Waals surface area contributed by atoms with E-state index in [4.69, 9.17) is 9.47 Å². The minimum atomic E-state index is 0.